The number of methoxy groups -OCH3 is 1. The number of rotatable bonds is 6. The quantitative estimate of drug-likeness (QED) is 0.851. The van der Waals surface area contributed by atoms with E-state index >= 15 is 0 Å². The monoisotopic (exact) mass is 329 g/mol. The fourth-order valence-corrected chi connectivity index (χ4v) is 2.14. The average molecular weight is 329 g/mol. The molecule has 0 aliphatic carbocycles. The molecule has 24 heavy (non-hydrogen) atoms. The summed E-state index contributed by atoms with van der Waals surface area (Å²) in [6.07, 6.45) is 1.72. The van der Waals surface area contributed by atoms with Crippen molar-refractivity contribution in [2.24, 2.45) is 0 Å². The molecular weight excluding hydrogens is 306 g/mol. The second-order valence-corrected chi connectivity index (χ2v) is 5.61. The molecule has 0 atom stereocenters. The first kappa shape index (κ1) is 17.6. The van der Waals surface area contributed by atoms with Crippen molar-refractivity contribution in [3.8, 4) is 11.5 Å². The van der Waals surface area contributed by atoms with E-state index in [9.17, 15) is 4.79 Å². The maximum absolute atomic E-state index is 12.1. The van der Waals surface area contributed by atoms with Gasteiger partial charge < -0.3 is 20.1 Å². The van der Waals surface area contributed by atoms with E-state index in [2.05, 4.69) is 15.6 Å². The molecule has 6 nitrogen and oxygen atoms in total. The third-order valence-corrected chi connectivity index (χ3v) is 3.32. The number of urea groups is 1. The summed E-state index contributed by atoms with van der Waals surface area (Å²) in [7, 11) is 1.58. The van der Waals surface area contributed by atoms with Gasteiger partial charge in [0.2, 0.25) is 0 Å². The van der Waals surface area contributed by atoms with E-state index in [4.69, 9.17) is 9.47 Å². The molecule has 128 valence electrons. The Labute approximate surface area is 142 Å². The van der Waals surface area contributed by atoms with Gasteiger partial charge in [-0.05, 0) is 44.5 Å². The average Bonchev–Trinajstić information content (AvgIpc) is 2.54. The lowest BCUT2D eigenvalue weighted by molar-refractivity contribution is 0.230. The van der Waals surface area contributed by atoms with Crippen molar-refractivity contribution in [3.05, 3.63) is 47.8 Å². The van der Waals surface area contributed by atoms with Crippen LogP contribution in [0.4, 0.5) is 10.5 Å². The molecule has 6 heteroatoms. The highest BCUT2D eigenvalue weighted by Crippen LogP contribution is 2.31. The van der Waals surface area contributed by atoms with Gasteiger partial charge >= 0.3 is 6.03 Å². The van der Waals surface area contributed by atoms with Gasteiger partial charge in [0.05, 0.1) is 25.5 Å². The zero-order valence-corrected chi connectivity index (χ0v) is 14.4. The molecule has 0 bridgehead atoms. The summed E-state index contributed by atoms with van der Waals surface area (Å²) in [5, 5.41) is 5.58. The lowest BCUT2D eigenvalue weighted by Gasteiger charge is -2.15. The van der Waals surface area contributed by atoms with Gasteiger partial charge in [0.25, 0.3) is 0 Å². The number of aryl methyl sites for hydroxylation is 1. The Morgan fingerprint density at radius 1 is 1.25 bits per heavy atom. The Balaban J connectivity index is 1.99. The molecule has 0 saturated carbocycles. The molecule has 0 aliphatic rings. The van der Waals surface area contributed by atoms with Crippen molar-refractivity contribution >= 4 is 11.7 Å². The largest absolute Gasteiger partial charge is 0.493 e. The number of hydrogen-bond acceptors (Lipinski definition) is 4. The lowest BCUT2D eigenvalue weighted by Crippen LogP contribution is -2.28. The maximum Gasteiger partial charge on any atom is 0.319 e. The van der Waals surface area contributed by atoms with Gasteiger partial charge in [0.1, 0.15) is 0 Å². The topological polar surface area (TPSA) is 72.5 Å². The fraction of sp³-hybridized carbons (Fsp3) is 0.333. The normalized spacial score (nSPS) is 10.4. The van der Waals surface area contributed by atoms with Crippen LogP contribution in [-0.2, 0) is 6.54 Å². The van der Waals surface area contributed by atoms with Crippen LogP contribution in [-0.4, -0.2) is 24.2 Å². The minimum Gasteiger partial charge on any atom is -0.493 e. The SMILES string of the molecule is COc1ccc(NC(=O)NCc2ncccc2C)cc1OC(C)C. The summed E-state index contributed by atoms with van der Waals surface area (Å²) in [6.45, 7) is 6.19. The van der Waals surface area contributed by atoms with Crippen LogP contribution >= 0.6 is 0 Å². The first-order valence-corrected chi connectivity index (χ1v) is 7.79. The number of pyridine rings is 1. The van der Waals surface area contributed by atoms with Gasteiger partial charge in [-0.1, -0.05) is 6.07 Å². The van der Waals surface area contributed by atoms with E-state index < -0.39 is 0 Å². The molecule has 1 heterocycles. The Hall–Kier alpha value is -2.76. The van der Waals surface area contributed by atoms with Crippen LogP contribution in [0.15, 0.2) is 36.5 Å². The number of carbonyl (C=O) groups is 1. The molecule has 0 aliphatic heterocycles. The van der Waals surface area contributed by atoms with Crippen LogP contribution in [0.5, 0.6) is 11.5 Å². The molecule has 2 aromatic rings. The van der Waals surface area contributed by atoms with Crippen LogP contribution in [0.1, 0.15) is 25.1 Å². The summed E-state index contributed by atoms with van der Waals surface area (Å²) in [5.41, 5.74) is 2.50. The van der Waals surface area contributed by atoms with Gasteiger partial charge in [-0.25, -0.2) is 4.79 Å². The Morgan fingerprint density at radius 2 is 2.04 bits per heavy atom. The van der Waals surface area contributed by atoms with E-state index in [-0.39, 0.29) is 12.1 Å². The third kappa shape index (κ3) is 4.87. The smallest absolute Gasteiger partial charge is 0.319 e. The van der Waals surface area contributed by atoms with Gasteiger partial charge in [0, 0.05) is 18.0 Å². The van der Waals surface area contributed by atoms with E-state index in [0.717, 1.165) is 11.3 Å². The molecule has 0 unspecified atom stereocenters. The van der Waals surface area contributed by atoms with Crippen LogP contribution in [0, 0.1) is 6.92 Å². The first-order chi connectivity index (χ1) is 11.5. The number of ether oxygens (including phenoxy) is 2. The Bertz CT molecular complexity index is 702. The minimum absolute atomic E-state index is 0.00936. The summed E-state index contributed by atoms with van der Waals surface area (Å²) in [6, 6.07) is 8.78. The van der Waals surface area contributed by atoms with E-state index in [1.807, 2.05) is 32.9 Å². The van der Waals surface area contributed by atoms with Gasteiger partial charge in [-0.3, -0.25) is 4.98 Å². The van der Waals surface area contributed by atoms with Gasteiger partial charge in [-0.15, -0.1) is 0 Å². The number of aromatic nitrogens is 1. The maximum atomic E-state index is 12.1. The van der Waals surface area contributed by atoms with Gasteiger partial charge in [0.15, 0.2) is 11.5 Å². The van der Waals surface area contributed by atoms with E-state index in [1.54, 1.807) is 31.5 Å². The van der Waals surface area contributed by atoms with Crippen LogP contribution in [0.3, 0.4) is 0 Å². The summed E-state index contributed by atoms with van der Waals surface area (Å²) in [4.78, 5) is 16.3. The molecule has 0 radical (unpaired) electrons. The minimum atomic E-state index is -0.305. The van der Waals surface area contributed by atoms with Crippen molar-refractivity contribution in [3.63, 3.8) is 0 Å². The highest BCUT2D eigenvalue weighted by molar-refractivity contribution is 5.89. The summed E-state index contributed by atoms with van der Waals surface area (Å²) < 4.78 is 11.0. The van der Waals surface area contributed by atoms with Crippen molar-refractivity contribution in [2.45, 2.75) is 33.4 Å². The molecule has 0 fully saturated rings. The van der Waals surface area contributed by atoms with Crippen molar-refractivity contribution in [1.82, 2.24) is 10.3 Å². The predicted molar refractivity (Wildman–Crippen MR) is 93.6 cm³/mol. The fourth-order valence-electron chi connectivity index (χ4n) is 2.14. The van der Waals surface area contributed by atoms with Crippen molar-refractivity contribution in [1.29, 1.82) is 0 Å². The standard InChI is InChI=1S/C18H23N3O3/c1-12(2)24-17-10-14(7-8-16(17)23-4)21-18(22)20-11-15-13(3)6-5-9-19-15/h5-10,12H,11H2,1-4H3,(H2,20,21,22). The predicted octanol–water partition coefficient (Wildman–Crippen LogP) is 3.51. The molecule has 2 N–H and O–H groups in total. The van der Waals surface area contributed by atoms with Crippen molar-refractivity contribution < 1.29 is 14.3 Å². The zero-order valence-electron chi connectivity index (χ0n) is 14.4. The number of nitrogens with zero attached hydrogens (tertiary/aromatic N) is 1. The highest BCUT2D eigenvalue weighted by Gasteiger charge is 2.10. The second-order valence-electron chi connectivity index (χ2n) is 5.61. The van der Waals surface area contributed by atoms with E-state index in [1.165, 1.54) is 0 Å². The third-order valence-electron chi connectivity index (χ3n) is 3.32. The number of benzene rings is 1. The number of hydrogen-bond donors (Lipinski definition) is 2. The second kappa shape index (κ2) is 8.19. The molecule has 2 rings (SSSR count). The van der Waals surface area contributed by atoms with E-state index in [0.29, 0.717) is 23.7 Å². The molecular formula is C18H23N3O3. The molecule has 1 aromatic carbocycles. The molecule has 1 aromatic heterocycles. The van der Waals surface area contributed by atoms with Gasteiger partial charge in [-0.2, -0.15) is 0 Å². The number of anilines is 1. The number of nitrogens with one attached hydrogen (secondary N) is 2. The Kier molecular flexibility index (Phi) is 6.01. The number of amides is 2. The summed E-state index contributed by atoms with van der Waals surface area (Å²) >= 11 is 0. The zero-order chi connectivity index (χ0) is 17.5. The van der Waals surface area contributed by atoms with Crippen LogP contribution in [0.2, 0.25) is 0 Å². The molecule has 0 saturated heterocycles. The van der Waals surface area contributed by atoms with Crippen LogP contribution < -0.4 is 20.1 Å². The first-order valence-electron chi connectivity index (χ1n) is 7.79. The number of carbonyl (C=O) groups excluding carboxylic acids is 1. The lowest BCUT2D eigenvalue weighted by atomic mass is 10.2. The molecule has 0 spiro atoms. The molecule has 2 amide bonds. The Morgan fingerprint density at radius 3 is 2.71 bits per heavy atom. The highest BCUT2D eigenvalue weighted by atomic mass is 16.5. The summed E-state index contributed by atoms with van der Waals surface area (Å²) in [5.74, 6) is 1.21. The van der Waals surface area contributed by atoms with Crippen molar-refractivity contribution in [2.75, 3.05) is 12.4 Å². The van der Waals surface area contributed by atoms with Crippen LogP contribution in [0.25, 0.3) is 0 Å².